The SMILES string of the molecule is O=C(NC(CF)[C@H](O)c1ccc(-c2nccs2)cc1)C(Cl)Cl. The fourth-order valence-corrected chi connectivity index (χ4v) is 2.64. The van der Waals surface area contributed by atoms with Crippen LogP contribution in [0.3, 0.4) is 0 Å². The molecule has 1 heterocycles. The van der Waals surface area contributed by atoms with Gasteiger partial charge in [0.15, 0.2) is 4.84 Å². The second-order valence-electron chi connectivity index (χ2n) is 4.47. The second kappa shape index (κ2) is 7.87. The maximum absolute atomic E-state index is 13.1. The van der Waals surface area contributed by atoms with E-state index >= 15 is 0 Å². The molecule has 0 aliphatic carbocycles. The summed E-state index contributed by atoms with van der Waals surface area (Å²) in [4.78, 5) is 14.3. The molecule has 0 bridgehead atoms. The Labute approximate surface area is 140 Å². The highest BCUT2D eigenvalue weighted by Crippen LogP contribution is 2.25. The summed E-state index contributed by atoms with van der Waals surface area (Å²) >= 11 is 12.3. The Bertz CT molecular complexity index is 608. The van der Waals surface area contributed by atoms with Gasteiger partial charge in [-0.1, -0.05) is 47.5 Å². The van der Waals surface area contributed by atoms with Crippen molar-refractivity contribution in [2.75, 3.05) is 6.67 Å². The van der Waals surface area contributed by atoms with Gasteiger partial charge in [0.25, 0.3) is 5.91 Å². The number of halogens is 3. The lowest BCUT2D eigenvalue weighted by atomic mass is 10.0. The van der Waals surface area contributed by atoms with E-state index in [1.807, 2.05) is 5.38 Å². The summed E-state index contributed by atoms with van der Waals surface area (Å²) < 4.78 is 13.1. The van der Waals surface area contributed by atoms with Crippen LogP contribution in [0.5, 0.6) is 0 Å². The Kier molecular flexibility index (Phi) is 6.14. The van der Waals surface area contributed by atoms with Crippen LogP contribution in [-0.4, -0.2) is 33.6 Å². The molecular formula is C14H13Cl2FN2O2S. The average molecular weight is 363 g/mol. The predicted molar refractivity (Wildman–Crippen MR) is 85.9 cm³/mol. The number of rotatable bonds is 6. The predicted octanol–water partition coefficient (Wildman–Crippen LogP) is 3.10. The average Bonchev–Trinajstić information content (AvgIpc) is 3.06. The summed E-state index contributed by atoms with van der Waals surface area (Å²) in [5, 5.41) is 15.2. The molecule has 1 amide bonds. The van der Waals surface area contributed by atoms with Gasteiger partial charge in [0, 0.05) is 17.1 Å². The first-order valence-electron chi connectivity index (χ1n) is 6.35. The number of aliphatic hydroxyl groups is 1. The molecule has 2 aromatic rings. The van der Waals surface area contributed by atoms with Crippen molar-refractivity contribution in [2.45, 2.75) is 17.0 Å². The number of carbonyl (C=O) groups is 1. The van der Waals surface area contributed by atoms with Crippen LogP contribution in [0, 0.1) is 0 Å². The zero-order chi connectivity index (χ0) is 16.1. The maximum Gasteiger partial charge on any atom is 0.253 e. The van der Waals surface area contributed by atoms with Crippen LogP contribution in [0.4, 0.5) is 4.39 Å². The van der Waals surface area contributed by atoms with Crippen LogP contribution in [0.1, 0.15) is 11.7 Å². The molecule has 4 nitrogen and oxygen atoms in total. The molecule has 0 saturated carbocycles. The van der Waals surface area contributed by atoms with Crippen molar-refractivity contribution >= 4 is 40.4 Å². The van der Waals surface area contributed by atoms with Crippen LogP contribution < -0.4 is 5.32 Å². The zero-order valence-electron chi connectivity index (χ0n) is 11.2. The van der Waals surface area contributed by atoms with E-state index in [1.165, 1.54) is 11.3 Å². The van der Waals surface area contributed by atoms with E-state index in [4.69, 9.17) is 23.2 Å². The molecular weight excluding hydrogens is 350 g/mol. The van der Waals surface area contributed by atoms with Crippen molar-refractivity contribution in [1.29, 1.82) is 0 Å². The van der Waals surface area contributed by atoms with Crippen LogP contribution in [0.15, 0.2) is 35.8 Å². The highest BCUT2D eigenvalue weighted by molar-refractivity contribution is 7.13. The normalized spacial score (nSPS) is 13.9. The lowest BCUT2D eigenvalue weighted by Crippen LogP contribution is -2.43. The monoisotopic (exact) mass is 362 g/mol. The van der Waals surface area contributed by atoms with Crippen molar-refractivity contribution < 1.29 is 14.3 Å². The van der Waals surface area contributed by atoms with Crippen molar-refractivity contribution in [3.63, 3.8) is 0 Å². The van der Waals surface area contributed by atoms with Gasteiger partial charge >= 0.3 is 0 Å². The molecule has 1 unspecified atom stereocenters. The highest BCUT2D eigenvalue weighted by atomic mass is 35.5. The van der Waals surface area contributed by atoms with Crippen LogP contribution in [0.25, 0.3) is 10.6 Å². The Morgan fingerprint density at radius 3 is 2.55 bits per heavy atom. The fraction of sp³-hybridized carbons (Fsp3) is 0.286. The second-order valence-corrected chi connectivity index (χ2v) is 6.47. The summed E-state index contributed by atoms with van der Waals surface area (Å²) in [7, 11) is 0. The Morgan fingerprint density at radius 1 is 1.36 bits per heavy atom. The molecule has 2 N–H and O–H groups in total. The van der Waals surface area contributed by atoms with Crippen molar-refractivity contribution in [3.8, 4) is 10.6 Å². The quantitative estimate of drug-likeness (QED) is 0.776. The number of alkyl halides is 3. The number of nitrogens with zero attached hydrogens (tertiary/aromatic N) is 1. The number of nitrogens with one attached hydrogen (secondary N) is 1. The molecule has 118 valence electrons. The molecule has 0 aliphatic rings. The number of aromatic nitrogens is 1. The number of amides is 1. The summed E-state index contributed by atoms with van der Waals surface area (Å²) in [5.41, 5.74) is 1.37. The van der Waals surface area contributed by atoms with Gasteiger partial charge in [0.2, 0.25) is 0 Å². The number of aliphatic hydroxyl groups excluding tert-OH is 1. The van der Waals surface area contributed by atoms with Gasteiger partial charge in [0.1, 0.15) is 17.8 Å². The highest BCUT2D eigenvalue weighted by Gasteiger charge is 2.25. The van der Waals surface area contributed by atoms with E-state index in [1.54, 1.807) is 30.5 Å². The minimum Gasteiger partial charge on any atom is -0.386 e. The Balaban J connectivity index is 2.10. The third-order valence-electron chi connectivity index (χ3n) is 3.00. The zero-order valence-corrected chi connectivity index (χ0v) is 13.6. The minimum atomic E-state index is -1.31. The van der Waals surface area contributed by atoms with Crippen LogP contribution >= 0.6 is 34.5 Å². The summed E-state index contributed by atoms with van der Waals surface area (Å²) in [6, 6.07) is 5.77. The van der Waals surface area contributed by atoms with E-state index < -0.39 is 29.6 Å². The number of thiazole rings is 1. The van der Waals surface area contributed by atoms with Gasteiger partial charge in [-0.3, -0.25) is 4.79 Å². The molecule has 8 heteroatoms. The molecule has 0 saturated heterocycles. The minimum absolute atomic E-state index is 0.476. The molecule has 0 radical (unpaired) electrons. The third kappa shape index (κ3) is 4.16. The Hall–Kier alpha value is -1.21. The Morgan fingerprint density at radius 2 is 2.05 bits per heavy atom. The molecule has 0 fully saturated rings. The largest absolute Gasteiger partial charge is 0.386 e. The topological polar surface area (TPSA) is 62.2 Å². The van der Waals surface area contributed by atoms with Crippen molar-refractivity contribution in [2.24, 2.45) is 0 Å². The molecule has 1 aromatic heterocycles. The first-order valence-corrected chi connectivity index (χ1v) is 8.10. The lowest BCUT2D eigenvalue weighted by molar-refractivity contribution is -0.121. The van der Waals surface area contributed by atoms with Gasteiger partial charge in [-0.05, 0) is 5.56 Å². The summed E-state index contributed by atoms with van der Waals surface area (Å²) in [6.07, 6.45) is 0.498. The van der Waals surface area contributed by atoms with Gasteiger partial charge in [-0.15, -0.1) is 11.3 Å². The molecule has 0 aliphatic heterocycles. The van der Waals surface area contributed by atoms with Crippen molar-refractivity contribution in [1.82, 2.24) is 10.3 Å². The van der Waals surface area contributed by atoms with Gasteiger partial charge < -0.3 is 10.4 Å². The molecule has 22 heavy (non-hydrogen) atoms. The van der Waals surface area contributed by atoms with E-state index in [0.29, 0.717) is 5.56 Å². The van der Waals surface area contributed by atoms with E-state index in [-0.39, 0.29) is 0 Å². The molecule has 2 rings (SSSR count). The van der Waals surface area contributed by atoms with Gasteiger partial charge in [0.05, 0.1) is 6.04 Å². The number of carbonyl (C=O) groups excluding carboxylic acids is 1. The summed E-state index contributed by atoms with van der Waals surface area (Å²) in [6.45, 7) is -0.943. The number of hydrogen-bond donors (Lipinski definition) is 2. The van der Waals surface area contributed by atoms with Crippen molar-refractivity contribution in [3.05, 3.63) is 41.4 Å². The number of benzene rings is 1. The molecule has 1 aromatic carbocycles. The van der Waals surface area contributed by atoms with Gasteiger partial charge in [-0.25, -0.2) is 9.37 Å². The lowest BCUT2D eigenvalue weighted by Gasteiger charge is -2.22. The van der Waals surface area contributed by atoms with E-state index in [2.05, 4.69) is 10.3 Å². The first kappa shape index (κ1) is 17.1. The van der Waals surface area contributed by atoms with E-state index in [0.717, 1.165) is 10.6 Å². The van der Waals surface area contributed by atoms with Gasteiger partial charge in [-0.2, -0.15) is 0 Å². The van der Waals surface area contributed by atoms with Crippen LogP contribution in [-0.2, 0) is 4.79 Å². The summed E-state index contributed by atoms with van der Waals surface area (Å²) in [5.74, 6) is -0.746. The van der Waals surface area contributed by atoms with E-state index in [9.17, 15) is 14.3 Å². The standard InChI is InChI=1S/C14H13Cl2FN2O2S/c15-12(16)13(21)19-10(7-17)11(20)8-1-3-9(4-2-8)14-18-5-6-22-14/h1-6,10-12,20H,7H2,(H,19,21)/t10?,11-/m1/s1. The third-order valence-corrected chi connectivity index (χ3v) is 4.22. The smallest absolute Gasteiger partial charge is 0.253 e. The maximum atomic E-state index is 13.1. The molecule has 2 atom stereocenters. The fourth-order valence-electron chi connectivity index (χ4n) is 1.87. The first-order chi connectivity index (χ1) is 10.5. The number of hydrogen-bond acceptors (Lipinski definition) is 4. The van der Waals surface area contributed by atoms with Crippen LogP contribution in [0.2, 0.25) is 0 Å². The molecule has 0 spiro atoms.